The molecule has 2 rings (SSSR count). The normalized spacial score (nSPS) is 18.8. The number of aliphatic hydroxyl groups is 1. The Morgan fingerprint density at radius 1 is 1.32 bits per heavy atom. The van der Waals surface area contributed by atoms with Crippen molar-refractivity contribution in [2.75, 3.05) is 6.54 Å². The lowest BCUT2D eigenvalue weighted by molar-refractivity contribution is -0.122. The van der Waals surface area contributed by atoms with E-state index in [-0.39, 0.29) is 5.91 Å². The van der Waals surface area contributed by atoms with E-state index in [0.29, 0.717) is 19.5 Å². The first kappa shape index (κ1) is 14.1. The second-order valence-electron chi connectivity index (χ2n) is 5.43. The highest BCUT2D eigenvalue weighted by Gasteiger charge is 2.28. The molecular weight excluding hydrogens is 242 g/mol. The summed E-state index contributed by atoms with van der Waals surface area (Å²) in [5, 5.41) is 17.3. The maximum atomic E-state index is 11.7. The van der Waals surface area contributed by atoms with E-state index in [1.165, 1.54) is 12.8 Å². The molecule has 2 N–H and O–H groups in total. The second-order valence-corrected chi connectivity index (χ2v) is 5.43. The Bertz CT molecular complexity index is 381. The van der Waals surface area contributed by atoms with Crippen molar-refractivity contribution in [1.29, 1.82) is 0 Å². The topological polar surface area (TPSA) is 67.2 Å². The molecule has 1 aliphatic carbocycles. The van der Waals surface area contributed by atoms with Gasteiger partial charge in [0.1, 0.15) is 0 Å². The molecule has 5 nitrogen and oxygen atoms in total. The Morgan fingerprint density at radius 3 is 2.68 bits per heavy atom. The summed E-state index contributed by atoms with van der Waals surface area (Å²) >= 11 is 0. The third kappa shape index (κ3) is 4.67. The van der Waals surface area contributed by atoms with Crippen molar-refractivity contribution >= 4 is 5.91 Å². The lowest BCUT2D eigenvalue weighted by atomic mass is 9.94. The monoisotopic (exact) mass is 265 g/mol. The van der Waals surface area contributed by atoms with Gasteiger partial charge in [-0.2, -0.15) is 5.10 Å². The molecule has 1 aliphatic rings. The predicted octanol–water partition coefficient (Wildman–Crippen LogP) is 1.47. The summed E-state index contributed by atoms with van der Waals surface area (Å²) in [5.74, 6) is -0.0202. The second kappa shape index (κ2) is 6.70. The van der Waals surface area contributed by atoms with E-state index < -0.39 is 5.60 Å². The minimum Gasteiger partial charge on any atom is -0.388 e. The number of nitrogens with one attached hydrogen (secondary N) is 1. The first-order valence-corrected chi connectivity index (χ1v) is 7.14. The van der Waals surface area contributed by atoms with Gasteiger partial charge in [-0.15, -0.1) is 0 Å². The van der Waals surface area contributed by atoms with E-state index in [4.69, 9.17) is 0 Å². The molecule has 1 aromatic heterocycles. The predicted molar refractivity (Wildman–Crippen MR) is 72.5 cm³/mol. The Kier molecular flexibility index (Phi) is 4.96. The minimum atomic E-state index is -0.697. The van der Waals surface area contributed by atoms with Gasteiger partial charge in [-0.05, 0) is 18.9 Å². The Balaban J connectivity index is 1.70. The van der Waals surface area contributed by atoms with Gasteiger partial charge in [0.25, 0.3) is 0 Å². The maximum Gasteiger partial charge on any atom is 0.221 e. The van der Waals surface area contributed by atoms with Gasteiger partial charge >= 0.3 is 0 Å². The summed E-state index contributed by atoms with van der Waals surface area (Å²) < 4.78 is 1.74. The van der Waals surface area contributed by atoms with Crippen molar-refractivity contribution in [3.8, 4) is 0 Å². The van der Waals surface area contributed by atoms with E-state index in [1.807, 2.05) is 12.3 Å². The summed E-state index contributed by atoms with van der Waals surface area (Å²) in [6.07, 6.45) is 10.0. The van der Waals surface area contributed by atoms with Crippen LogP contribution in [0.15, 0.2) is 18.5 Å². The van der Waals surface area contributed by atoms with Crippen molar-refractivity contribution in [2.24, 2.45) is 0 Å². The number of hydrogen-bond acceptors (Lipinski definition) is 3. The van der Waals surface area contributed by atoms with Gasteiger partial charge in [0.15, 0.2) is 0 Å². The fraction of sp³-hybridized carbons (Fsp3) is 0.714. The molecule has 0 aliphatic heterocycles. The first-order chi connectivity index (χ1) is 9.18. The van der Waals surface area contributed by atoms with Crippen LogP contribution in [0.25, 0.3) is 0 Å². The third-order valence-corrected chi connectivity index (χ3v) is 3.78. The number of carbonyl (C=O) groups excluding carboxylic acids is 1. The quantitative estimate of drug-likeness (QED) is 0.792. The largest absolute Gasteiger partial charge is 0.388 e. The maximum absolute atomic E-state index is 11.7. The van der Waals surface area contributed by atoms with Crippen molar-refractivity contribution in [3.63, 3.8) is 0 Å². The molecule has 19 heavy (non-hydrogen) atoms. The average molecular weight is 265 g/mol. The SMILES string of the molecule is O=C(CCn1cccn1)NCC1(O)CCCCCC1. The fourth-order valence-electron chi connectivity index (χ4n) is 2.56. The number of amides is 1. The highest BCUT2D eigenvalue weighted by Crippen LogP contribution is 2.26. The molecule has 1 fully saturated rings. The first-order valence-electron chi connectivity index (χ1n) is 7.14. The van der Waals surface area contributed by atoms with Gasteiger partial charge in [-0.25, -0.2) is 0 Å². The molecule has 106 valence electrons. The van der Waals surface area contributed by atoms with Gasteiger partial charge in [-0.1, -0.05) is 25.7 Å². The standard InChI is InChI=1S/C14H23N3O2/c18-13(6-11-17-10-5-9-16-17)15-12-14(19)7-3-1-2-4-8-14/h5,9-10,19H,1-4,6-8,11-12H2,(H,15,18). The number of aryl methyl sites for hydroxylation is 1. The smallest absolute Gasteiger partial charge is 0.221 e. The van der Waals surface area contributed by atoms with Gasteiger partial charge < -0.3 is 10.4 Å². The zero-order chi connectivity index (χ0) is 13.6. The van der Waals surface area contributed by atoms with E-state index in [1.54, 1.807) is 10.9 Å². The molecule has 1 heterocycles. The van der Waals surface area contributed by atoms with Crippen LogP contribution in [-0.4, -0.2) is 32.9 Å². The van der Waals surface area contributed by atoms with Crippen molar-refractivity contribution in [2.45, 2.75) is 57.1 Å². The lowest BCUT2D eigenvalue weighted by Gasteiger charge is -2.26. The summed E-state index contributed by atoms with van der Waals surface area (Å²) in [4.78, 5) is 11.7. The van der Waals surface area contributed by atoms with Crippen LogP contribution in [-0.2, 0) is 11.3 Å². The molecule has 0 bridgehead atoms. The zero-order valence-electron chi connectivity index (χ0n) is 11.3. The molecule has 1 amide bonds. The van der Waals surface area contributed by atoms with Crippen LogP contribution in [0.5, 0.6) is 0 Å². The fourth-order valence-corrected chi connectivity index (χ4v) is 2.56. The number of hydrogen-bond donors (Lipinski definition) is 2. The van der Waals surface area contributed by atoms with Gasteiger partial charge in [0, 0.05) is 31.9 Å². The molecule has 1 saturated carbocycles. The van der Waals surface area contributed by atoms with E-state index >= 15 is 0 Å². The van der Waals surface area contributed by atoms with Crippen LogP contribution in [0.3, 0.4) is 0 Å². The summed E-state index contributed by atoms with van der Waals surface area (Å²) in [6, 6.07) is 1.84. The van der Waals surface area contributed by atoms with Gasteiger partial charge in [-0.3, -0.25) is 9.48 Å². The van der Waals surface area contributed by atoms with E-state index in [9.17, 15) is 9.90 Å². The third-order valence-electron chi connectivity index (χ3n) is 3.78. The molecule has 0 atom stereocenters. The van der Waals surface area contributed by atoms with Crippen LogP contribution in [0.4, 0.5) is 0 Å². The van der Waals surface area contributed by atoms with E-state index in [0.717, 1.165) is 25.7 Å². The Labute approximate surface area is 114 Å². The molecular formula is C14H23N3O2. The Hall–Kier alpha value is -1.36. The van der Waals surface area contributed by atoms with E-state index in [2.05, 4.69) is 10.4 Å². The summed E-state index contributed by atoms with van der Waals surface area (Å²) in [5.41, 5.74) is -0.697. The average Bonchev–Trinajstić information content (AvgIpc) is 2.83. The van der Waals surface area contributed by atoms with Crippen molar-refractivity contribution < 1.29 is 9.90 Å². The molecule has 0 unspecified atom stereocenters. The van der Waals surface area contributed by atoms with Crippen molar-refractivity contribution in [1.82, 2.24) is 15.1 Å². The number of carbonyl (C=O) groups is 1. The number of rotatable bonds is 5. The van der Waals surface area contributed by atoms with Crippen molar-refractivity contribution in [3.05, 3.63) is 18.5 Å². The molecule has 0 aromatic carbocycles. The van der Waals surface area contributed by atoms with Crippen LogP contribution in [0.1, 0.15) is 44.9 Å². The van der Waals surface area contributed by atoms with Gasteiger partial charge in [0.05, 0.1) is 5.60 Å². The number of nitrogens with zero attached hydrogens (tertiary/aromatic N) is 2. The molecule has 0 spiro atoms. The molecule has 0 saturated heterocycles. The molecule has 5 heteroatoms. The summed E-state index contributed by atoms with van der Waals surface area (Å²) in [6.45, 7) is 0.961. The highest BCUT2D eigenvalue weighted by molar-refractivity contribution is 5.75. The van der Waals surface area contributed by atoms with Crippen LogP contribution < -0.4 is 5.32 Å². The van der Waals surface area contributed by atoms with Crippen LogP contribution >= 0.6 is 0 Å². The minimum absolute atomic E-state index is 0.0202. The lowest BCUT2D eigenvalue weighted by Crippen LogP contribution is -2.42. The number of aromatic nitrogens is 2. The van der Waals surface area contributed by atoms with Gasteiger partial charge in [0.2, 0.25) is 5.91 Å². The highest BCUT2D eigenvalue weighted by atomic mass is 16.3. The summed E-state index contributed by atoms with van der Waals surface area (Å²) in [7, 11) is 0. The molecule has 0 radical (unpaired) electrons. The van der Waals surface area contributed by atoms with Crippen LogP contribution in [0.2, 0.25) is 0 Å². The molecule has 1 aromatic rings. The Morgan fingerprint density at radius 2 is 2.05 bits per heavy atom. The van der Waals surface area contributed by atoms with Crippen LogP contribution in [0, 0.1) is 0 Å². The zero-order valence-corrected chi connectivity index (χ0v) is 11.3.